The average molecular weight is 723 g/mol. The number of nitrogens with two attached hydrogens (primary N) is 1. The Balaban J connectivity index is 0.000000251. The summed E-state index contributed by atoms with van der Waals surface area (Å²) in [6.45, 7) is 13.9. The molecule has 52 heavy (non-hydrogen) atoms. The van der Waals surface area contributed by atoms with Crippen LogP contribution in [-0.2, 0) is 33.4 Å². The molecular weight excluding hydrogens is 677 g/mol. The van der Waals surface area contributed by atoms with Crippen LogP contribution < -0.4 is 20.7 Å². The van der Waals surface area contributed by atoms with E-state index >= 15 is 0 Å². The van der Waals surface area contributed by atoms with E-state index in [0.29, 0.717) is 40.9 Å². The Morgan fingerprint density at radius 2 is 1.13 bits per heavy atom. The maximum atomic E-state index is 12.7. The van der Waals surface area contributed by atoms with Crippen molar-refractivity contribution in [1.29, 1.82) is 0 Å². The van der Waals surface area contributed by atoms with Gasteiger partial charge < -0.3 is 19.9 Å². The molecular formula is C42H46N2O7S. The molecule has 9 nitrogen and oxygen atoms in total. The fraction of sp³-hybridized carbons (Fsp3) is 0.238. The largest absolute Gasteiger partial charge is 0.489 e. The highest BCUT2D eigenvalue weighted by atomic mass is 32.2. The number of benzene rings is 5. The lowest BCUT2D eigenvalue weighted by Gasteiger charge is -2.19. The number of carbonyl (C=O) groups excluding carboxylic acids is 1. The highest BCUT2D eigenvalue weighted by Gasteiger charge is 2.15. The van der Waals surface area contributed by atoms with Gasteiger partial charge >= 0.3 is 5.97 Å². The second kappa shape index (κ2) is 18.4. The monoisotopic (exact) mass is 722 g/mol. The molecule has 4 N–H and O–H groups in total. The zero-order chi connectivity index (χ0) is 37.7. The van der Waals surface area contributed by atoms with E-state index in [9.17, 15) is 9.59 Å². The van der Waals surface area contributed by atoms with Gasteiger partial charge in [0.25, 0.3) is 5.91 Å². The van der Waals surface area contributed by atoms with Gasteiger partial charge in [-0.15, -0.1) is 9.32 Å². The van der Waals surface area contributed by atoms with E-state index in [1.807, 2.05) is 30.3 Å². The number of ether oxygens (including phenoxy) is 2. The zero-order valence-corrected chi connectivity index (χ0v) is 31.2. The number of para-hydroxylation sites is 1. The van der Waals surface area contributed by atoms with E-state index in [2.05, 4.69) is 92.6 Å². The van der Waals surface area contributed by atoms with E-state index in [0.717, 1.165) is 23.2 Å². The van der Waals surface area contributed by atoms with Crippen LogP contribution in [0.3, 0.4) is 0 Å². The molecule has 0 fully saturated rings. The molecule has 0 aliphatic carbocycles. The summed E-state index contributed by atoms with van der Waals surface area (Å²) in [5, 5.41) is 11.8. The molecule has 0 aliphatic rings. The summed E-state index contributed by atoms with van der Waals surface area (Å²) in [6, 6.07) is 37.4. The minimum Gasteiger partial charge on any atom is -0.489 e. The number of hydrogen-bond acceptors (Lipinski definition) is 8. The smallest absolute Gasteiger partial charge is 0.335 e. The van der Waals surface area contributed by atoms with E-state index in [1.165, 1.54) is 17.2 Å². The predicted octanol–water partition coefficient (Wildman–Crippen LogP) is 9.91. The first-order valence-electron chi connectivity index (χ1n) is 16.7. The lowest BCUT2D eigenvalue weighted by molar-refractivity contribution is -0.195. The van der Waals surface area contributed by atoms with Gasteiger partial charge in [-0.3, -0.25) is 4.79 Å². The first kappa shape index (κ1) is 39.7. The lowest BCUT2D eigenvalue weighted by Crippen LogP contribution is -2.13. The van der Waals surface area contributed by atoms with E-state index in [1.54, 1.807) is 48.5 Å². The van der Waals surface area contributed by atoms with Gasteiger partial charge in [-0.05, 0) is 81.6 Å². The molecule has 0 aliphatic heterocycles. The third kappa shape index (κ3) is 12.3. The molecule has 0 spiro atoms. The highest BCUT2D eigenvalue weighted by molar-refractivity contribution is 7.94. The van der Waals surface area contributed by atoms with Crippen LogP contribution in [0.4, 0.5) is 5.69 Å². The lowest BCUT2D eigenvalue weighted by atomic mass is 9.87. The van der Waals surface area contributed by atoms with Crippen LogP contribution in [-0.4, -0.2) is 17.0 Å². The predicted molar refractivity (Wildman–Crippen MR) is 205 cm³/mol. The maximum absolute atomic E-state index is 12.7. The van der Waals surface area contributed by atoms with E-state index in [-0.39, 0.29) is 22.3 Å². The third-order valence-corrected chi connectivity index (χ3v) is 8.61. The number of aromatic carboxylic acids is 1. The Morgan fingerprint density at radius 3 is 1.62 bits per heavy atom. The minimum absolute atomic E-state index is 0.113. The van der Waals surface area contributed by atoms with Crippen molar-refractivity contribution in [1.82, 2.24) is 0 Å². The van der Waals surface area contributed by atoms with Crippen LogP contribution in [0.5, 0.6) is 11.5 Å². The summed E-state index contributed by atoms with van der Waals surface area (Å²) in [4.78, 5) is 28.4. The molecule has 0 aromatic heterocycles. The quantitative estimate of drug-likeness (QED) is 0.0655. The van der Waals surface area contributed by atoms with Gasteiger partial charge in [-0.2, -0.15) is 5.90 Å². The number of nitrogens with one attached hydrogen (secondary N) is 1. The van der Waals surface area contributed by atoms with Crippen molar-refractivity contribution in [3.63, 3.8) is 0 Å². The summed E-state index contributed by atoms with van der Waals surface area (Å²) >= 11 is 0.909. The molecule has 0 radical (unpaired) electrons. The number of amides is 1. The van der Waals surface area contributed by atoms with Gasteiger partial charge in [0, 0.05) is 5.56 Å². The first-order chi connectivity index (χ1) is 24.7. The zero-order valence-electron chi connectivity index (χ0n) is 30.3. The molecule has 0 atom stereocenters. The number of hydrogen-bond donors (Lipinski definition) is 3. The maximum Gasteiger partial charge on any atom is 0.335 e. The summed E-state index contributed by atoms with van der Waals surface area (Å²) in [5.74, 6) is 4.86. The Labute approximate surface area is 310 Å². The number of carbonyl (C=O) groups is 2. The van der Waals surface area contributed by atoms with Crippen molar-refractivity contribution in [2.45, 2.75) is 70.5 Å². The molecule has 0 saturated carbocycles. The molecule has 10 heteroatoms. The summed E-state index contributed by atoms with van der Waals surface area (Å²) in [5.41, 5.74) is 6.22. The minimum atomic E-state index is -0.949. The van der Waals surface area contributed by atoms with Crippen LogP contribution in [0, 0.1) is 0 Å². The summed E-state index contributed by atoms with van der Waals surface area (Å²) in [6.07, 6.45) is 0. The average Bonchev–Trinajstić information content (AvgIpc) is 3.13. The summed E-state index contributed by atoms with van der Waals surface area (Å²) in [7, 11) is 0. The van der Waals surface area contributed by atoms with E-state index < -0.39 is 5.97 Å². The van der Waals surface area contributed by atoms with Gasteiger partial charge in [-0.1, -0.05) is 114 Å². The van der Waals surface area contributed by atoms with Crippen molar-refractivity contribution < 1.29 is 33.5 Å². The molecule has 0 bridgehead atoms. The molecule has 272 valence electrons. The molecule has 0 unspecified atom stereocenters. The molecule has 5 aromatic rings. The van der Waals surface area contributed by atoms with E-state index in [4.69, 9.17) is 20.5 Å². The van der Waals surface area contributed by atoms with Crippen LogP contribution in [0.1, 0.15) is 84.5 Å². The third-order valence-electron chi connectivity index (χ3n) is 7.93. The Hall–Kier alpha value is -5.13. The van der Waals surface area contributed by atoms with Crippen molar-refractivity contribution in [2.24, 2.45) is 5.90 Å². The standard InChI is InChI=1S/C24H26N2O4S.C18H20O3/c1-24(2,3)19-13-11-17(12-14-19)16-28-20-8-6-7-18(15-20)23(27)26-21-9-4-5-10-22(21)31-30-29-25;1-18(2,3)15-9-7-13(8-10-15)12-21-16-6-4-5-14(11-16)17(19)20/h4-15H,16,25H2,1-3H3,(H,26,27);4-11H,12H2,1-3H3,(H,19,20). The number of anilines is 1. The van der Waals surface area contributed by atoms with Gasteiger partial charge in [0.1, 0.15) is 24.7 Å². The topological polar surface area (TPSA) is 129 Å². The molecule has 1 amide bonds. The highest BCUT2D eigenvalue weighted by Crippen LogP contribution is 2.29. The van der Waals surface area contributed by atoms with Gasteiger partial charge in [0.05, 0.1) is 28.2 Å². The second-order valence-corrected chi connectivity index (χ2v) is 14.8. The van der Waals surface area contributed by atoms with Crippen LogP contribution in [0.25, 0.3) is 0 Å². The Bertz CT molecular complexity index is 1920. The van der Waals surface area contributed by atoms with Crippen molar-refractivity contribution in [2.75, 3.05) is 5.32 Å². The van der Waals surface area contributed by atoms with Crippen molar-refractivity contribution in [3.8, 4) is 11.5 Å². The molecule has 0 heterocycles. The molecule has 5 aromatic carbocycles. The normalized spacial score (nSPS) is 11.2. The Kier molecular flexibility index (Phi) is 14.0. The van der Waals surface area contributed by atoms with Gasteiger partial charge in [0.2, 0.25) is 0 Å². The van der Waals surface area contributed by atoms with Gasteiger partial charge in [-0.25, -0.2) is 4.79 Å². The van der Waals surface area contributed by atoms with Crippen LogP contribution in [0.2, 0.25) is 0 Å². The number of carboxylic acid groups (broad SMARTS) is 1. The molecule has 5 rings (SSSR count). The fourth-order valence-corrected chi connectivity index (χ4v) is 5.33. The van der Waals surface area contributed by atoms with Crippen molar-refractivity contribution in [3.05, 3.63) is 155 Å². The van der Waals surface area contributed by atoms with Gasteiger partial charge in [0.15, 0.2) is 0 Å². The second-order valence-electron chi connectivity index (χ2n) is 14.0. The first-order valence-corrected chi connectivity index (χ1v) is 17.5. The van der Waals surface area contributed by atoms with Crippen molar-refractivity contribution >= 4 is 29.6 Å². The van der Waals surface area contributed by atoms with Crippen LogP contribution >= 0.6 is 12.0 Å². The number of rotatable bonds is 12. The Morgan fingerprint density at radius 1 is 0.654 bits per heavy atom. The SMILES string of the molecule is CC(C)(C)c1ccc(COc2cccc(C(=O)Nc3ccccc3SOON)c2)cc1.CC(C)(C)c1ccc(COc2cccc(C(=O)O)c2)cc1. The fourth-order valence-electron chi connectivity index (χ4n) is 4.87. The molecule has 0 saturated heterocycles. The van der Waals surface area contributed by atoms with Crippen LogP contribution in [0.15, 0.2) is 126 Å². The number of carboxylic acids is 1. The summed E-state index contributed by atoms with van der Waals surface area (Å²) < 4.78 is 16.2.